The molecule has 0 atom stereocenters. The van der Waals surface area contributed by atoms with Gasteiger partial charge in [0, 0.05) is 15.9 Å². The third kappa shape index (κ3) is 1.35. The first-order chi connectivity index (χ1) is 6.59. The molecule has 0 amide bonds. The second kappa shape index (κ2) is 3.19. The summed E-state index contributed by atoms with van der Waals surface area (Å²) < 4.78 is 0. The molecule has 2 aromatic rings. The van der Waals surface area contributed by atoms with Gasteiger partial charge in [0.1, 0.15) is 5.69 Å². The fourth-order valence-electron chi connectivity index (χ4n) is 1.28. The topological polar surface area (TPSA) is 53.1 Å². The van der Waals surface area contributed by atoms with Crippen LogP contribution in [0, 0.1) is 0 Å². The normalized spacial score (nSPS) is 10.7. The number of carbonyl (C=O) groups is 1. The monoisotopic (exact) mass is 229 g/mol. The Bertz CT molecular complexity index is 519. The molecule has 0 spiro atoms. The van der Waals surface area contributed by atoms with Crippen molar-refractivity contribution in [1.29, 1.82) is 0 Å². The van der Waals surface area contributed by atoms with E-state index in [9.17, 15) is 4.79 Å². The Morgan fingerprint density at radius 3 is 2.71 bits per heavy atom. The average molecular weight is 230 g/mol. The number of hydrogen-bond acceptors (Lipinski definition) is 1. The summed E-state index contributed by atoms with van der Waals surface area (Å²) in [5.41, 5.74) is 0.615. The number of nitrogens with one attached hydrogen (secondary N) is 1. The van der Waals surface area contributed by atoms with Crippen LogP contribution in [0.1, 0.15) is 10.5 Å². The molecular formula is C9H5Cl2NO2. The van der Waals surface area contributed by atoms with Gasteiger partial charge in [-0.05, 0) is 18.2 Å². The number of aromatic amines is 1. The molecule has 5 heteroatoms. The van der Waals surface area contributed by atoms with Crippen LogP contribution >= 0.6 is 23.2 Å². The number of aromatic carboxylic acids is 1. The van der Waals surface area contributed by atoms with Gasteiger partial charge >= 0.3 is 5.97 Å². The van der Waals surface area contributed by atoms with Gasteiger partial charge in [0.15, 0.2) is 0 Å². The number of halogens is 2. The van der Waals surface area contributed by atoms with Crippen molar-refractivity contribution in [1.82, 2.24) is 4.98 Å². The highest BCUT2D eigenvalue weighted by Gasteiger charge is 2.14. The minimum absolute atomic E-state index is 0.0102. The molecule has 0 aliphatic carbocycles. The van der Waals surface area contributed by atoms with Gasteiger partial charge in [-0.2, -0.15) is 0 Å². The van der Waals surface area contributed by atoms with Gasteiger partial charge in [-0.15, -0.1) is 0 Å². The van der Waals surface area contributed by atoms with Gasteiger partial charge in [-0.1, -0.05) is 23.2 Å². The molecule has 0 unspecified atom stereocenters. The van der Waals surface area contributed by atoms with Crippen molar-refractivity contribution < 1.29 is 9.90 Å². The average Bonchev–Trinajstić information content (AvgIpc) is 2.43. The van der Waals surface area contributed by atoms with E-state index in [0.29, 0.717) is 15.9 Å². The van der Waals surface area contributed by atoms with Crippen molar-refractivity contribution >= 4 is 40.1 Å². The molecule has 2 rings (SSSR count). The highest BCUT2D eigenvalue weighted by Crippen LogP contribution is 2.29. The zero-order valence-corrected chi connectivity index (χ0v) is 8.36. The van der Waals surface area contributed by atoms with Crippen LogP contribution in [0.4, 0.5) is 0 Å². The highest BCUT2D eigenvalue weighted by atomic mass is 35.5. The standard InChI is InChI=1S/C9H5Cl2NO2/c10-4-1-2-5-6(3-4)12-8(7(5)11)9(13)14/h1-3,12H,(H,13,14). The van der Waals surface area contributed by atoms with Crippen LogP contribution in [0.5, 0.6) is 0 Å². The maximum absolute atomic E-state index is 10.7. The lowest BCUT2D eigenvalue weighted by atomic mass is 10.2. The number of fused-ring (bicyclic) bond motifs is 1. The lowest BCUT2D eigenvalue weighted by Gasteiger charge is -1.90. The summed E-state index contributed by atoms with van der Waals surface area (Å²) in [5, 5.41) is 10.2. The first kappa shape index (κ1) is 9.37. The van der Waals surface area contributed by atoms with E-state index < -0.39 is 5.97 Å². The van der Waals surface area contributed by atoms with Crippen LogP contribution in [-0.2, 0) is 0 Å². The summed E-state index contributed by atoms with van der Waals surface area (Å²) in [6, 6.07) is 4.98. The van der Waals surface area contributed by atoms with Gasteiger partial charge in [0.2, 0.25) is 0 Å². The molecule has 0 saturated carbocycles. The van der Waals surface area contributed by atoms with Crippen molar-refractivity contribution in [3.63, 3.8) is 0 Å². The fraction of sp³-hybridized carbons (Fsp3) is 0. The van der Waals surface area contributed by atoms with Crippen molar-refractivity contribution in [2.24, 2.45) is 0 Å². The first-order valence-electron chi connectivity index (χ1n) is 3.79. The first-order valence-corrected chi connectivity index (χ1v) is 4.55. The second-order valence-electron chi connectivity index (χ2n) is 2.81. The molecule has 0 aliphatic heterocycles. The van der Waals surface area contributed by atoms with Gasteiger partial charge in [0.25, 0.3) is 0 Å². The molecule has 1 aromatic heterocycles. The Morgan fingerprint density at radius 1 is 1.36 bits per heavy atom. The van der Waals surface area contributed by atoms with E-state index in [4.69, 9.17) is 28.3 Å². The summed E-state index contributed by atoms with van der Waals surface area (Å²) in [6.07, 6.45) is 0. The minimum Gasteiger partial charge on any atom is -0.477 e. The zero-order chi connectivity index (χ0) is 10.3. The predicted molar refractivity (Wildman–Crippen MR) is 55.3 cm³/mol. The maximum atomic E-state index is 10.7. The van der Waals surface area contributed by atoms with E-state index in [1.54, 1.807) is 18.2 Å². The Hall–Kier alpha value is -1.19. The molecule has 2 N–H and O–H groups in total. The predicted octanol–water partition coefficient (Wildman–Crippen LogP) is 3.17. The van der Waals surface area contributed by atoms with Crippen molar-refractivity contribution in [2.75, 3.05) is 0 Å². The molecular weight excluding hydrogens is 225 g/mol. The molecule has 0 fully saturated rings. The summed E-state index contributed by atoms with van der Waals surface area (Å²) in [4.78, 5) is 13.4. The summed E-state index contributed by atoms with van der Waals surface area (Å²) in [7, 11) is 0. The van der Waals surface area contributed by atoms with Crippen LogP contribution in [0.25, 0.3) is 10.9 Å². The Kier molecular flexibility index (Phi) is 2.13. The summed E-state index contributed by atoms with van der Waals surface area (Å²) in [5.74, 6) is -1.08. The van der Waals surface area contributed by atoms with E-state index >= 15 is 0 Å². The van der Waals surface area contributed by atoms with Crippen LogP contribution in [0.15, 0.2) is 18.2 Å². The van der Waals surface area contributed by atoms with E-state index in [0.717, 1.165) is 0 Å². The number of carboxylic acid groups (broad SMARTS) is 1. The number of hydrogen-bond donors (Lipinski definition) is 2. The molecule has 1 aromatic carbocycles. The third-order valence-corrected chi connectivity index (χ3v) is 2.54. The molecule has 0 radical (unpaired) electrons. The van der Waals surface area contributed by atoms with Gasteiger partial charge in [0.05, 0.1) is 5.02 Å². The van der Waals surface area contributed by atoms with Crippen molar-refractivity contribution in [3.8, 4) is 0 Å². The molecule has 0 aliphatic rings. The second-order valence-corrected chi connectivity index (χ2v) is 3.62. The SMILES string of the molecule is O=C(O)c1[nH]c2cc(Cl)ccc2c1Cl. The summed E-state index contributed by atoms with van der Waals surface area (Å²) in [6.45, 7) is 0. The van der Waals surface area contributed by atoms with E-state index in [2.05, 4.69) is 4.98 Å². The lowest BCUT2D eigenvalue weighted by Crippen LogP contribution is -1.96. The number of carboxylic acids is 1. The molecule has 72 valence electrons. The quantitative estimate of drug-likeness (QED) is 0.790. The number of benzene rings is 1. The number of rotatable bonds is 1. The number of aromatic nitrogens is 1. The molecule has 3 nitrogen and oxygen atoms in total. The maximum Gasteiger partial charge on any atom is 0.353 e. The van der Waals surface area contributed by atoms with Crippen molar-refractivity contribution in [2.45, 2.75) is 0 Å². The molecule has 0 bridgehead atoms. The minimum atomic E-state index is -1.08. The van der Waals surface area contributed by atoms with Gasteiger partial charge < -0.3 is 10.1 Å². The lowest BCUT2D eigenvalue weighted by molar-refractivity contribution is 0.0692. The smallest absolute Gasteiger partial charge is 0.353 e. The van der Waals surface area contributed by atoms with E-state index in [-0.39, 0.29) is 10.7 Å². The van der Waals surface area contributed by atoms with Crippen LogP contribution in [-0.4, -0.2) is 16.1 Å². The Balaban J connectivity index is 2.79. The fourth-order valence-corrected chi connectivity index (χ4v) is 1.75. The summed E-state index contributed by atoms with van der Waals surface area (Å²) >= 11 is 11.6. The largest absolute Gasteiger partial charge is 0.477 e. The molecule has 1 heterocycles. The van der Waals surface area contributed by atoms with Crippen LogP contribution in [0.3, 0.4) is 0 Å². The van der Waals surface area contributed by atoms with Gasteiger partial charge in [-0.3, -0.25) is 0 Å². The van der Waals surface area contributed by atoms with Crippen molar-refractivity contribution in [3.05, 3.63) is 33.9 Å². The third-order valence-electron chi connectivity index (χ3n) is 1.91. The van der Waals surface area contributed by atoms with E-state index in [1.165, 1.54) is 0 Å². The molecule has 0 saturated heterocycles. The van der Waals surface area contributed by atoms with Crippen LogP contribution in [0.2, 0.25) is 10.0 Å². The Morgan fingerprint density at radius 2 is 2.07 bits per heavy atom. The van der Waals surface area contributed by atoms with Gasteiger partial charge in [-0.25, -0.2) is 4.79 Å². The highest BCUT2D eigenvalue weighted by molar-refractivity contribution is 6.39. The Labute approximate surface area is 89.2 Å². The van der Waals surface area contributed by atoms with E-state index in [1.807, 2.05) is 0 Å². The number of H-pyrrole nitrogens is 1. The zero-order valence-electron chi connectivity index (χ0n) is 6.84. The van der Waals surface area contributed by atoms with Crippen LogP contribution < -0.4 is 0 Å². The molecule has 14 heavy (non-hydrogen) atoms.